The molecule has 1 aromatic rings. The number of unbranched alkanes of at least 4 members (excludes halogenated alkanes) is 1. The van der Waals surface area contributed by atoms with Crippen LogP contribution >= 0.6 is 0 Å². The van der Waals surface area contributed by atoms with Gasteiger partial charge in [-0.25, -0.2) is 0 Å². The summed E-state index contributed by atoms with van der Waals surface area (Å²) in [4.78, 5) is 4.00. The van der Waals surface area contributed by atoms with Crippen LogP contribution < -0.4 is 0 Å². The molecule has 0 saturated heterocycles. The van der Waals surface area contributed by atoms with Crippen LogP contribution in [0.5, 0.6) is 0 Å². The van der Waals surface area contributed by atoms with Gasteiger partial charge in [0.2, 0.25) is 0 Å². The average Bonchev–Trinajstić information content (AvgIpc) is 2.18. The molecule has 0 atom stereocenters. The average molecular weight is 227 g/mol. The Labute approximate surface area is 89.4 Å². The second-order valence-electron chi connectivity index (χ2n) is 3.07. The Balaban J connectivity index is 2.82. The largest absolute Gasteiger partial charge is 0.294 e. The Bertz CT molecular complexity index is 434. The summed E-state index contributed by atoms with van der Waals surface area (Å²) >= 11 is 0. The van der Waals surface area contributed by atoms with Crippen molar-refractivity contribution in [1.82, 2.24) is 0 Å². The van der Waals surface area contributed by atoms with E-state index < -0.39 is 10.1 Å². The van der Waals surface area contributed by atoms with Crippen LogP contribution in [0.1, 0.15) is 19.8 Å². The molecule has 0 amide bonds. The minimum Gasteiger partial charge on any atom is -0.282 e. The molecule has 0 aliphatic rings. The van der Waals surface area contributed by atoms with E-state index in [9.17, 15) is 8.42 Å². The molecule has 15 heavy (non-hydrogen) atoms. The SMILES string of the molecule is CCCC=Nc1ccc(S(=O)(=O)O)cc1. The summed E-state index contributed by atoms with van der Waals surface area (Å²) in [6.45, 7) is 2.05. The number of nitrogens with zero attached hydrogens (tertiary/aromatic N) is 1. The molecule has 0 radical (unpaired) electrons. The molecule has 0 saturated carbocycles. The van der Waals surface area contributed by atoms with Crippen molar-refractivity contribution in [2.75, 3.05) is 0 Å². The quantitative estimate of drug-likeness (QED) is 0.634. The molecule has 1 rings (SSSR count). The number of aliphatic imine (C=N–C) groups is 1. The van der Waals surface area contributed by atoms with Gasteiger partial charge in [0.25, 0.3) is 10.1 Å². The zero-order valence-corrected chi connectivity index (χ0v) is 9.24. The molecule has 82 valence electrons. The molecule has 0 bridgehead atoms. The van der Waals surface area contributed by atoms with E-state index in [1.807, 2.05) is 6.92 Å². The first kappa shape index (κ1) is 11.9. The predicted molar refractivity (Wildman–Crippen MR) is 59.3 cm³/mol. The van der Waals surface area contributed by atoms with Crippen molar-refractivity contribution in [2.45, 2.75) is 24.7 Å². The van der Waals surface area contributed by atoms with Gasteiger partial charge in [-0.1, -0.05) is 13.3 Å². The van der Waals surface area contributed by atoms with Crippen molar-refractivity contribution < 1.29 is 13.0 Å². The topological polar surface area (TPSA) is 66.7 Å². The molecule has 0 aliphatic heterocycles. The van der Waals surface area contributed by atoms with Crippen LogP contribution in [0.3, 0.4) is 0 Å². The lowest BCUT2D eigenvalue weighted by Crippen LogP contribution is -1.96. The summed E-state index contributed by atoms with van der Waals surface area (Å²) in [5.74, 6) is 0. The molecule has 0 aliphatic carbocycles. The summed E-state index contributed by atoms with van der Waals surface area (Å²) < 4.78 is 30.2. The summed E-state index contributed by atoms with van der Waals surface area (Å²) in [6, 6.07) is 5.76. The van der Waals surface area contributed by atoms with Crippen LogP contribution in [-0.2, 0) is 10.1 Å². The second kappa shape index (κ2) is 5.04. The van der Waals surface area contributed by atoms with Gasteiger partial charge in [-0.3, -0.25) is 9.55 Å². The van der Waals surface area contributed by atoms with E-state index in [1.54, 1.807) is 18.3 Å². The summed E-state index contributed by atoms with van der Waals surface area (Å²) in [5, 5.41) is 0. The molecule has 4 nitrogen and oxygen atoms in total. The molecule has 1 aromatic carbocycles. The molecular weight excluding hydrogens is 214 g/mol. The van der Waals surface area contributed by atoms with Gasteiger partial charge in [0.1, 0.15) is 0 Å². The lowest BCUT2D eigenvalue weighted by molar-refractivity contribution is 0.483. The summed E-state index contributed by atoms with van der Waals surface area (Å²) in [6.07, 6.45) is 3.69. The highest BCUT2D eigenvalue weighted by atomic mass is 32.2. The minimum atomic E-state index is -4.10. The van der Waals surface area contributed by atoms with Crippen molar-refractivity contribution in [2.24, 2.45) is 4.99 Å². The van der Waals surface area contributed by atoms with Crippen molar-refractivity contribution in [1.29, 1.82) is 0 Å². The monoisotopic (exact) mass is 227 g/mol. The molecule has 0 aromatic heterocycles. The Morgan fingerprint density at radius 2 is 1.93 bits per heavy atom. The van der Waals surface area contributed by atoms with E-state index in [1.165, 1.54) is 12.1 Å². The van der Waals surface area contributed by atoms with Crippen molar-refractivity contribution in [3.05, 3.63) is 24.3 Å². The highest BCUT2D eigenvalue weighted by molar-refractivity contribution is 7.85. The predicted octanol–water partition coefficient (Wildman–Crippen LogP) is 2.44. The van der Waals surface area contributed by atoms with Crippen molar-refractivity contribution in [3.63, 3.8) is 0 Å². The molecule has 0 fully saturated rings. The van der Waals surface area contributed by atoms with E-state index in [-0.39, 0.29) is 4.90 Å². The Kier molecular flexibility index (Phi) is 3.99. The maximum atomic E-state index is 10.7. The van der Waals surface area contributed by atoms with E-state index >= 15 is 0 Å². The number of hydrogen-bond acceptors (Lipinski definition) is 3. The van der Waals surface area contributed by atoms with Gasteiger partial charge in [0.15, 0.2) is 0 Å². The Morgan fingerprint density at radius 1 is 1.33 bits per heavy atom. The smallest absolute Gasteiger partial charge is 0.282 e. The van der Waals surface area contributed by atoms with Crippen LogP contribution in [0.4, 0.5) is 5.69 Å². The zero-order chi connectivity index (χ0) is 11.3. The van der Waals surface area contributed by atoms with E-state index in [0.717, 1.165) is 12.8 Å². The number of rotatable bonds is 4. The standard InChI is InChI=1S/C10H13NO3S/c1-2-3-8-11-9-4-6-10(7-5-9)15(12,13)14/h4-8H,2-3H2,1H3,(H,12,13,14). The van der Waals surface area contributed by atoms with Gasteiger partial charge in [0.05, 0.1) is 10.6 Å². The van der Waals surface area contributed by atoms with Crippen LogP contribution in [0.15, 0.2) is 34.2 Å². The van der Waals surface area contributed by atoms with Gasteiger partial charge in [0, 0.05) is 6.21 Å². The first-order valence-corrected chi connectivity index (χ1v) is 6.08. The van der Waals surface area contributed by atoms with Gasteiger partial charge in [-0.05, 0) is 30.7 Å². The Morgan fingerprint density at radius 3 is 2.40 bits per heavy atom. The second-order valence-corrected chi connectivity index (χ2v) is 4.49. The summed E-state index contributed by atoms with van der Waals surface area (Å²) in [5.41, 5.74) is 0.677. The fraction of sp³-hybridized carbons (Fsp3) is 0.300. The van der Waals surface area contributed by atoms with Gasteiger partial charge < -0.3 is 0 Å². The van der Waals surface area contributed by atoms with Crippen LogP contribution in [-0.4, -0.2) is 19.2 Å². The van der Waals surface area contributed by atoms with Crippen LogP contribution in [0.25, 0.3) is 0 Å². The van der Waals surface area contributed by atoms with E-state index in [2.05, 4.69) is 4.99 Å². The Hall–Kier alpha value is -1.20. The van der Waals surface area contributed by atoms with E-state index in [0.29, 0.717) is 5.69 Å². The van der Waals surface area contributed by atoms with Gasteiger partial charge in [-0.15, -0.1) is 0 Å². The first-order valence-electron chi connectivity index (χ1n) is 4.64. The lowest BCUT2D eigenvalue weighted by Gasteiger charge is -1.97. The first-order chi connectivity index (χ1) is 7.04. The number of benzene rings is 1. The fourth-order valence-electron chi connectivity index (χ4n) is 1.00. The third-order valence-electron chi connectivity index (χ3n) is 1.79. The van der Waals surface area contributed by atoms with Crippen LogP contribution in [0.2, 0.25) is 0 Å². The highest BCUT2D eigenvalue weighted by Crippen LogP contribution is 2.15. The van der Waals surface area contributed by atoms with E-state index in [4.69, 9.17) is 4.55 Å². The van der Waals surface area contributed by atoms with Gasteiger partial charge in [-0.2, -0.15) is 8.42 Å². The fourth-order valence-corrected chi connectivity index (χ4v) is 1.48. The van der Waals surface area contributed by atoms with Crippen molar-refractivity contribution in [3.8, 4) is 0 Å². The highest BCUT2D eigenvalue weighted by Gasteiger charge is 2.07. The van der Waals surface area contributed by atoms with Crippen LogP contribution in [0, 0.1) is 0 Å². The molecular formula is C10H13NO3S. The molecule has 1 N–H and O–H groups in total. The normalized spacial score (nSPS) is 12.1. The summed E-state index contributed by atoms with van der Waals surface area (Å²) in [7, 11) is -4.10. The zero-order valence-electron chi connectivity index (χ0n) is 8.42. The van der Waals surface area contributed by atoms with Crippen molar-refractivity contribution >= 4 is 22.0 Å². The molecule has 5 heteroatoms. The number of hydrogen-bond donors (Lipinski definition) is 1. The minimum absolute atomic E-state index is 0.114. The molecule has 0 spiro atoms. The molecule has 0 heterocycles. The third-order valence-corrected chi connectivity index (χ3v) is 2.66. The third kappa shape index (κ3) is 3.81. The maximum absolute atomic E-state index is 10.7. The maximum Gasteiger partial charge on any atom is 0.294 e. The molecule has 0 unspecified atom stereocenters. The lowest BCUT2D eigenvalue weighted by atomic mass is 10.3. The van der Waals surface area contributed by atoms with Gasteiger partial charge >= 0.3 is 0 Å².